The largest absolute Gasteiger partial charge is 0.506 e. The highest BCUT2D eigenvalue weighted by molar-refractivity contribution is 5.94. The number of aromatic amines is 1. The van der Waals surface area contributed by atoms with Gasteiger partial charge in [0.05, 0.1) is 22.8 Å². The number of aliphatic hydroxyl groups excluding tert-OH is 1. The van der Waals surface area contributed by atoms with Gasteiger partial charge in [0.25, 0.3) is 0 Å². The van der Waals surface area contributed by atoms with Gasteiger partial charge in [-0.05, 0) is 97.5 Å². The van der Waals surface area contributed by atoms with Gasteiger partial charge >= 0.3 is 11.8 Å². The molecule has 2 aromatic heterocycles. The van der Waals surface area contributed by atoms with Gasteiger partial charge in [-0.3, -0.25) is 14.3 Å². The van der Waals surface area contributed by atoms with Crippen molar-refractivity contribution in [1.82, 2.24) is 14.9 Å². The SMILES string of the molecule is NC1CCC(N(C(=O)O)c2cc(CCCCCn3c(=O)oc4cc(CNC[C@H](O)c5ccc(O)c6[nH]c(=O)ccc56)ccc43)ccc2-c2ccccc2)CC1. The highest BCUT2D eigenvalue weighted by Crippen LogP contribution is 2.37. The van der Waals surface area contributed by atoms with E-state index in [2.05, 4.69) is 16.4 Å². The maximum Gasteiger partial charge on any atom is 0.419 e. The van der Waals surface area contributed by atoms with Crippen LogP contribution < -0.4 is 27.3 Å². The number of unbranched alkanes of at least 4 members (excludes halogenated alkanes) is 2. The number of aliphatic hydroxyl groups is 1. The number of fused-ring (bicyclic) bond motifs is 2. The number of aromatic hydroxyl groups is 1. The van der Waals surface area contributed by atoms with E-state index in [-0.39, 0.29) is 35.5 Å². The van der Waals surface area contributed by atoms with E-state index >= 15 is 0 Å². The summed E-state index contributed by atoms with van der Waals surface area (Å²) in [4.78, 5) is 41.5. The van der Waals surface area contributed by atoms with E-state index in [1.807, 2.05) is 60.7 Å². The lowest BCUT2D eigenvalue weighted by Crippen LogP contribution is -2.44. The molecule has 7 N–H and O–H groups in total. The molecule has 12 heteroatoms. The molecule has 12 nitrogen and oxygen atoms in total. The summed E-state index contributed by atoms with van der Waals surface area (Å²) >= 11 is 0. The van der Waals surface area contributed by atoms with Crippen LogP contribution in [-0.4, -0.2) is 49.6 Å². The average molecular weight is 746 g/mol. The van der Waals surface area contributed by atoms with Crippen LogP contribution in [0.5, 0.6) is 5.75 Å². The molecule has 1 atom stereocenters. The minimum Gasteiger partial charge on any atom is -0.506 e. The quantitative estimate of drug-likeness (QED) is 0.0652. The van der Waals surface area contributed by atoms with Crippen molar-refractivity contribution in [2.45, 2.75) is 82.6 Å². The number of rotatable bonds is 14. The number of nitrogens with one attached hydrogen (secondary N) is 2. The predicted octanol–water partition coefficient (Wildman–Crippen LogP) is 6.80. The van der Waals surface area contributed by atoms with Crippen LogP contribution in [0.2, 0.25) is 0 Å². The van der Waals surface area contributed by atoms with E-state index in [1.54, 1.807) is 21.6 Å². The van der Waals surface area contributed by atoms with Crippen LogP contribution in [0.15, 0.2) is 105 Å². The Bertz CT molecular complexity index is 2390. The Morgan fingerprint density at radius 2 is 1.71 bits per heavy atom. The molecule has 2 heterocycles. The van der Waals surface area contributed by atoms with Gasteiger partial charge in [0.15, 0.2) is 5.58 Å². The minimum absolute atomic E-state index is 0.0655. The Labute approximate surface area is 317 Å². The first-order valence-electron chi connectivity index (χ1n) is 19.0. The highest BCUT2D eigenvalue weighted by atomic mass is 16.4. The fourth-order valence-electron chi connectivity index (χ4n) is 7.83. The monoisotopic (exact) mass is 745 g/mol. The van der Waals surface area contributed by atoms with E-state index in [0.717, 1.165) is 79.1 Å². The molecular weight excluding hydrogens is 699 g/mol. The Morgan fingerprint density at radius 1 is 0.927 bits per heavy atom. The number of anilines is 1. The Morgan fingerprint density at radius 3 is 2.49 bits per heavy atom. The van der Waals surface area contributed by atoms with Gasteiger partial charge in [0, 0.05) is 48.7 Å². The van der Waals surface area contributed by atoms with Crippen molar-refractivity contribution < 1.29 is 24.5 Å². The molecule has 1 aliphatic carbocycles. The first-order chi connectivity index (χ1) is 26.7. The average Bonchev–Trinajstić information content (AvgIpc) is 3.49. The molecule has 1 fully saturated rings. The summed E-state index contributed by atoms with van der Waals surface area (Å²) in [6, 6.07) is 27.7. The summed E-state index contributed by atoms with van der Waals surface area (Å²) in [5.74, 6) is -0.476. The number of phenolic OH excluding ortho intramolecular Hbond substituents is 1. The first kappa shape index (κ1) is 37.6. The molecule has 6 aromatic rings. The maximum absolute atomic E-state index is 12.8. The third kappa shape index (κ3) is 8.51. The number of hydrogen-bond donors (Lipinski definition) is 6. The number of nitrogens with zero attached hydrogens (tertiary/aromatic N) is 2. The zero-order valence-corrected chi connectivity index (χ0v) is 30.6. The van der Waals surface area contributed by atoms with Gasteiger partial charge in [-0.1, -0.05) is 61.0 Å². The van der Waals surface area contributed by atoms with Crippen LogP contribution in [0, 0.1) is 0 Å². The zero-order chi connectivity index (χ0) is 38.5. The van der Waals surface area contributed by atoms with E-state index in [4.69, 9.17) is 10.2 Å². The topological polar surface area (TPSA) is 187 Å². The summed E-state index contributed by atoms with van der Waals surface area (Å²) in [5, 5.41) is 35.3. The number of phenols is 1. The summed E-state index contributed by atoms with van der Waals surface area (Å²) < 4.78 is 7.27. The van der Waals surface area contributed by atoms with E-state index in [1.165, 1.54) is 12.1 Å². The van der Waals surface area contributed by atoms with Gasteiger partial charge in [-0.2, -0.15) is 0 Å². The number of H-pyrrole nitrogens is 1. The number of nitrogens with two attached hydrogens (primary N) is 1. The fourth-order valence-corrected chi connectivity index (χ4v) is 7.83. The number of carboxylic acid groups (broad SMARTS) is 1. The number of aromatic nitrogens is 2. The molecular formula is C43H47N5O7. The van der Waals surface area contributed by atoms with Crippen LogP contribution in [0.1, 0.15) is 67.7 Å². The summed E-state index contributed by atoms with van der Waals surface area (Å²) in [6.07, 6.45) is 4.54. The van der Waals surface area contributed by atoms with Gasteiger partial charge in [-0.25, -0.2) is 9.59 Å². The number of carbonyl (C=O) groups is 1. The van der Waals surface area contributed by atoms with Crippen molar-refractivity contribution in [3.05, 3.63) is 129 Å². The van der Waals surface area contributed by atoms with Crippen LogP contribution in [0.3, 0.4) is 0 Å². The van der Waals surface area contributed by atoms with Crippen LogP contribution >= 0.6 is 0 Å². The van der Waals surface area contributed by atoms with E-state index in [9.17, 15) is 29.7 Å². The summed E-state index contributed by atoms with van der Waals surface area (Å²) in [6.45, 7) is 1.14. The van der Waals surface area contributed by atoms with Crippen molar-refractivity contribution >= 4 is 33.8 Å². The molecule has 1 amide bonds. The second-order valence-corrected chi connectivity index (χ2v) is 14.5. The fraction of sp³-hybridized carbons (Fsp3) is 0.326. The Kier molecular flexibility index (Phi) is 11.5. The first-order valence-corrected chi connectivity index (χ1v) is 19.0. The lowest BCUT2D eigenvalue weighted by Gasteiger charge is -2.35. The molecule has 55 heavy (non-hydrogen) atoms. The lowest BCUT2D eigenvalue weighted by molar-refractivity contribution is 0.176. The van der Waals surface area contributed by atoms with Crippen LogP contribution in [-0.2, 0) is 19.5 Å². The van der Waals surface area contributed by atoms with Crippen molar-refractivity contribution in [3.8, 4) is 16.9 Å². The Balaban J connectivity index is 0.954. The highest BCUT2D eigenvalue weighted by Gasteiger charge is 2.30. The van der Waals surface area contributed by atoms with Gasteiger partial charge in [0.2, 0.25) is 5.56 Å². The third-order valence-electron chi connectivity index (χ3n) is 10.7. The second kappa shape index (κ2) is 16.8. The zero-order valence-electron chi connectivity index (χ0n) is 30.6. The number of pyridine rings is 1. The van der Waals surface area contributed by atoms with Crippen molar-refractivity contribution in [1.29, 1.82) is 0 Å². The molecule has 0 spiro atoms. The van der Waals surface area contributed by atoms with Crippen LogP contribution in [0.25, 0.3) is 33.1 Å². The normalized spacial score (nSPS) is 16.4. The maximum atomic E-state index is 12.8. The molecule has 4 aromatic carbocycles. The molecule has 7 rings (SSSR count). The van der Waals surface area contributed by atoms with Crippen molar-refractivity contribution in [2.75, 3.05) is 11.4 Å². The van der Waals surface area contributed by atoms with Crippen molar-refractivity contribution in [3.63, 3.8) is 0 Å². The molecule has 0 radical (unpaired) electrons. The van der Waals surface area contributed by atoms with Crippen molar-refractivity contribution in [2.24, 2.45) is 5.73 Å². The number of aryl methyl sites for hydroxylation is 2. The molecule has 1 aliphatic rings. The smallest absolute Gasteiger partial charge is 0.419 e. The molecule has 0 bridgehead atoms. The molecule has 0 saturated heterocycles. The van der Waals surface area contributed by atoms with Crippen LogP contribution in [0.4, 0.5) is 10.5 Å². The molecule has 0 unspecified atom stereocenters. The molecule has 1 saturated carbocycles. The van der Waals surface area contributed by atoms with Gasteiger partial charge in [-0.15, -0.1) is 0 Å². The summed E-state index contributed by atoms with van der Waals surface area (Å²) in [5.41, 5.74) is 12.4. The van der Waals surface area contributed by atoms with E-state index in [0.29, 0.717) is 35.3 Å². The number of oxazole rings is 1. The third-order valence-corrected chi connectivity index (χ3v) is 10.7. The predicted molar refractivity (Wildman–Crippen MR) is 214 cm³/mol. The van der Waals surface area contributed by atoms with Gasteiger partial charge < -0.3 is 35.8 Å². The number of benzene rings is 4. The number of amides is 1. The molecule has 0 aliphatic heterocycles. The number of hydrogen-bond acceptors (Lipinski definition) is 8. The van der Waals surface area contributed by atoms with Gasteiger partial charge in [0.1, 0.15) is 5.75 Å². The van der Waals surface area contributed by atoms with E-state index < -0.39 is 18.0 Å². The lowest BCUT2D eigenvalue weighted by atomic mass is 9.89. The Hall–Kier alpha value is -5.69. The second-order valence-electron chi connectivity index (χ2n) is 14.5. The summed E-state index contributed by atoms with van der Waals surface area (Å²) in [7, 11) is 0. The minimum atomic E-state index is -0.949. The standard InChI is InChI=1S/C43H47N5O7/c44-30-12-14-31(15-13-30)48(42(52)53)36-23-27(10-16-32(36)29-8-4-1-5-9-29)7-3-2-6-22-47-35-19-11-28(24-39(35)55-43(47)54)25-45-26-38(50)33-17-20-37(49)41-34(33)18-21-40(51)46-41/h1,4-5,8-11,16-21,23-24,30-31,38,45,49-50H,2-3,6-7,12-15,22,25-26,44H2,(H,46,51)(H,52,53)/t30?,31?,38-/m0/s1. The molecule has 286 valence electrons.